The van der Waals surface area contributed by atoms with E-state index in [-0.39, 0.29) is 5.76 Å². The molecule has 0 amide bonds. The Labute approximate surface area is 83.0 Å². The van der Waals surface area contributed by atoms with Gasteiger partial charge in [0.2, 0.25) is 5.76 Å². The molecule has 14 heavy (non-hydrogen) atoms. The van der Waals surface area contributed by atoms with Crippen molar-refractivity contribution in [3.8, 4) is 0 Å². The average molecular weight is 201 g/mol. The molecule has 0 unspecified atom stereocenters. The Morgan fingerprint density at radius 1 is 1.14 bits per heavy atom. The maximum absolute atomic E-state index is 11.1. The molecule has 0 aliphatic carbocycles. The average Bonchev–Trinajstić information content (AvgIpc) is 2.26. The van der Waals surface area contributed by atoms with E-state index in [1.54, 1.807) is 6.08 Å². The highest BCUT2D eigenvalue weighted by molar-refractivity contribution is 5.91. The van der Waals surface area contributed by atoms with Crippen LogP contribution >= 0.6 is 0 Å². The normalized spacial score (nSPS) is 10.9. The van der Waals surface area contributed by atoms with Crippen molar-refractivity contribution >= 4 is 12.0 Å². The maximum atomic E-state index is 11.1. The molecule has 0 saturated carbocycles. The second kappa shape index (κ2) is 5.07. The first-order chi connectivity index (χ1) is 6.77. The highest BCUT2D eigenvalue weighted by Gasteiger charge is 2.08. The lowest BCUT2D eigenvalue weighted by Crippen LogP contribution is -2.05. The van der Waals surface area contributed by atoms with Gasteiger partial charge < -0.3 is 9.47 Å². The van der Waals surface area contributed by atoms with Gasteiger partial charge in [0.05, 0.1) is 14.2 Å². The monoisotopic (exact) mass is 201 g/mol. The summed E-state index contributed by atoms with van der Waals surface area (Å²) >= 11 is 0. The van der Waals surface area contributed by atoms with Crippen LogP contribution in [0.4, 0.5) is 0 Å². The zero-order chi connectivity index (χ0) is 10.4. The second-order valence-corrected chi connectivity index (χ2v) is 2.61. The fraction of sp³-hybridized carbons (Fsp3) is 0.182. The SMILES string of the molecule is CO[13C](=O)/[13C](=[13CH]\[13c]1[13cH][13cH][13cH][13cH][13cH]1)OC. The van der Waals surface area contributed by atoms with Gasteiger partial charge in [-0.1, -0.05) is 30.3 Å². The summed E-state index contributed by atoms with van der Waals surface area (Å²) in [6.45, 7) is 0. The lowest BCUT2D eigenvalue weighted by Gasteiger charge is -2.02. The van der Waals surface area contributed by atoms with E-state index in [9.17, 15) is 4.79 Å². The maximum Gasteiger partial charge on any atom is 0.373 e. The predicted molar refractivity (Wildman–Crippen MR) is 53.4 cm³/mol. The minimum Gasteiger partial charge on any atom is -0.490 e. The highest BCUT2D eigenvalue weighted by Crippen LogP contribution is 2.07. The van der Waals surface area contributed by atoms with E-state index in [1.165, 1.54) is 14.2 Å². The quantitative estimate of drug-likeness (QED) is 0.324. The first-order valence-corrected chi connectivity index (χ1v) is 4.17. The van der Waals surface area contributed by atoms with Crippen molar-refractivity contribution in [3.05, 3.63) is 41.7 Å². The van der Waals surface area contributed by atoms with E-state index in [1.807, 2.05) is 30.3 Å². The van der Waals surface area contributed by atoms with Crippen LogP contribution in [0.3, 0.4) is 0 Å². The van der Waals surface area contributed by atoms with E-state index < -0.39 is 5.97 Å². The summed E-state index contributed by atoms with van der Waals surface area (Å²) in [5, 5.41) is 0. The molecular weight excluding hydrogens is 189 g/mol. The number of hydrogen-bond acceptors (Lipinski definition) is 3. The van der Waals surface area contributed by atoms with Crippen LogP contribution in [0.25, 0.3) is 6.08 Å². The number of hydrogen-bond donors (Lipinski definition) is 0. The smallest absolute Gasteiger partial charge is 0.373 e. The molecule has 3 nitrogen and oxygen atoms in total. The molecule has 74 valence electrons. The van der Waals surface area contributed by atoms with Gasteiger partial charge in [0, 0.05) is 0 Å². The third-order valence-electron chi connectivity index (χ3n) is 1.70. The Morgan fingerprint density at radius 3 is 2.29 bits per heavy atom. The van der Waals surface area contributed by atoms with Gasteiger partial charge in [-0.25, -0.2) is 4.79 Å². The number of ether oxygens (including phenoxy) is 2. The first kappa shape index (κ1) is 10.3. The van der Waals surface area contributed by atoms with Crippen LogP contribution in [0.2, 0.25) is 0 Å². The zero-order valence-electron chi connectivity index (χ0n) is 8.19. The molecule has 0 radical (unpaired) electrons. The molecule has 0 saturated heterocycles. The van der Waals surface area contributed by atoms with Gasteiger partial charge in [-0.05, 0) is 11.6 Å². The standard InChI is InChI=1S/C11H12O3/c1-13-10(11(12)14-2)8-9-6-4-3-5-7-9/h3-8H,1-2H3/b10-8+/i3+1,4+1,5+1,6+1,7+1,8+1,9+1,10+1,11+1. The minimum absolute atomic E-state index is 0.193. The minimum atomic E-state index is -0.476. The third-order valence-corrected chi connectivity index (χ3v) is 1.70. The number of rotatable bonds is 3. The molecule has 0 bridgehead atoms. The van der Waals surface area contributed by atoms with Crippen molar-refractivity contribution < 1.29 is 14.3 Å². The van der Waals surface area contributed by atoms with Gasteiger partial charge in [-0.15, -0.1) is 0 Å². The summed E-state index contributed by atoms with van der Waals surface area (Å²) in [5.74, 6) is -0.282. The fourth-order valence-corrected chi connectivity index (χ4v) is 1.00. The molecule has 0 aromatic heterocycles. The first-order valence-electron chi connectivity index (χ1n) is 4.17. The molecule has 0 fully saturated rings. The van der Waals surface area contributed by atoms with Crippen LogP contribution in [0.1, 0.15) is 5.56 Å². The number of carbonyl (C=O) groups is 1. The molecule has 1 aromatic rings. The van der Waals surface area contributed by atoms with Crippen molar-refractivity contribution in [1.82, 2.24) is 0 Å². The Morgan fingerprint density at radius 2 is 1.79 bits per heavy atom. The molecule has 0 atom stereocenters. The lowest BCUT2D eigenvalue weighted by molar-refractivity contribution is -0.139. The fourth-order valence-electron chi connectivity index (χ4n) is 1.00. The van der Waals surface area contributed by atoms with Gasteiger partial charge >= 0.3 is 5.97 Å². The number of carbonyl (C=O) groups excluding carboxylic acids is 1. The van der Waals surface area contributed by atoms with Crippen molar-refractivity contribution in [2.24, 2.45) is 0 Å². The van der Waals surface area contributed by atoms with Crippen molar-refractivity contribution in [2.45, 2.75) is 0 Å². The summed E-state index contributed by atoms with van der Waals surface area (Å²) in [6, 6.07) is 9.43. The molecule has 1 aromatic carbocycles. The molecule has 3 heteroatoms. The lowest BCUT2D eigenvalue weighted by atomic mass is 11.2. The largest absolute Gasteiger partial charge is 0.490 e. The van der Waals surface area contributed by atoms with Gasteiger partial charge in [-0.3, -0.25) is 0 Å². The molecule has 0 spiro atoms. The van der Waals surface area contributed by atoms with E-state index in [4.69, 9.17) is 4.74 Å². The number of benzene rings is 1. The van der Waals surface area contributed by atoms with Crippen molar-refractivity contribution in [1.29, 1.82) is 0 Å². The Hall–Kier alpha value is -1.77. The van der Waals surface area contributed by atoms with Crippen LogP contribution in [-0.2, 0) is 14.3 Å². The van der Waals surface area contributed by atoms with Gasteiger partial charge in [-0.2, -0.15) is 0 Å². The molecule has 0 heterocycles. The van der Waals surface area contributed by atoms with Gasteiger partial charge in [0.1, 0.15) is 0 Å². The summed E-state index contributed by atoms with van der Waals surface area (Å²) < 4.78 is 9.44. The molecular formula is C11H12O3. The molecule has 1 rings (SSSR count). The van der Waals surface area contributed by atoms with Crippen LogP contribution < -0.4 is 0 Å². The summed E-state index contributed by atoms with van der Waals surface area (Å²) in [6.07, 6.45) is 1.63. The molecule has 0 aliphatic rings. The van der Waals surface area contributed by atoms with Crippen LogP contribution in [0.5, 0.6) is 0 Å². The van der Waals surface area contributed by atoms with E-state index in [2.05, 4.69) is 4.74 Å². The Kier molecular flexibility index (Phi) is 3.73. The van der Waals surface area contributed by atoms with Gasteiger partial charge in [0.25, 0.3) is 0 Å². The Balaban J connectivity index is 2.89. The van der Waals surface area contributed by atoms with E-state index >= 15 is 0 Å². The predicted octanol–water partition coefficient (Wildman–Crippen LogP) is 1.85. The molecule has 0 N–H and O–H groups in total. The molecule has 0 aliphatic heterocycles. The van der Waals surface area contributed by atoms with Crippen LogP contribution in [0, 0.1) is 0 Å². The van der Waals surface area contributed by atoms with Crippen molar-refractivity contribution in [3.63, 3.8) is 0 Å². The third kappa shape index (κ3) is 2.62. The topological polar surface area (TPSA) is 35.5 Å². The van der Waals surface area contributed by atoms with E-state index in [0.717, 1.165) is 5.56 Å². The van der Waals surface area contributed by atoms with Crippen LogP contribution in [0.15, 0.2) is 36.1 Å². The van der Waals surface area contributed by atoms with E-state index in [0.29, 0.717) is 0 Å². The van der Waals surface area contributed by atoms with Crippen LogP contribution in [-0.4, -0.2) is 20.2 Å². The summed E-state index contributed by atoms with van der Waals surface area (Å²) in [5.41, 5.74) is 0.898. The summed E-state index contributed by atoms with van der Waals surface area (Å²) in [7, 11) is 2.76. The zero-order valence-corrected chi connectivity index (χ0v) is 8.19. The summed E-state index contributed by atoms with van der Waals surface area (Å²) in [4.78, 5) is 11.1. The van der Waals surface area contributed by atoms with Gasteiger partial charge in [0.15, 0.2) is 0 Å². The highest BCUT2D eigenvalue weighted by atomic mass is 16.7. The number of methoxy groups -OCH3 is 2. The second-order valence-electron chi connectivity index (χ2n) is 2.61. The Bertz CT molecular complexity index is 328. The number of esters is 1. The van der Waals surface area contributed by atoms with Crippen molar-refractivity contribution in [2.75, 3.05) is 14.2 Å².